The predicted octanol–water partition coefficient (Wildman–Crippen LogP) is 5.84. The van der Waals surface area contributed by atoms with Crippen LogP contribution >= 0.6 is 0 Å². The van der Waals surface area contributed by atoms with Crippen molar-refractivity contribution in [1.29, 1.82) is 0 Å². The Kier molecular flexibility index (Phi) is 5.32. The summed E-state index contributed by atoms with van der Waals surface area (Å²) in [5.41, 5.74) is 0.573. The molecular weight excluding hydrogens is 432 g/mol. The lowest BCUT2D eigenvalue weighted by molar-refractivity contribution is 0.0723. The third kappa shape index (κ3) is 4.12. The molecule has 0 spiro atoms. The highest BCUT2D eigenvalue weighted by atomic mass is 16.5. The monoisotopic (exact) mass is 450 g/mol. The summed E-state index contributed by atoms with van der Waals surface area (Å²) in [6.45, 7) is 0. The lowest BCUT2D eigenvalue weighted by Crippen LogP contribution is -2.10. The smallest absolute Gasteiger partial charge is 0.343 e. The maximum Gasteiger partial charge on any atom is 0.343 e. The van der Waals surface area contributed by atoms with Crippen molar-refractivity contribution in [1.82, 2.24) is 0 Å². The molecule has 0 aliphatic carbocycles. The van der Waals surface area contributed by atoms with Crippen LogP contribution in [-0.2, 0) is 0 Å². The van der Waals surface area contributed by atoms with Gasteiger partial charge in [0.15, 0.2) is 0 Å². The van der Waals surface area contributed by atoms with Crippen LogP contribution in [0.2, 0.25) is 0 Å². The van der Waals surface area contributed by atoms with E-state index in [1.807, 2.05) is 36.4 Å². The molecule has 6 heteroatoms. The topological polar surface area (TPSA) is 93.1 Å². The first-order valence-electron chi connectivity index (χ1n) is 10.5. The third-order valence-electron chi connectivity index (χ3n) is 5.41. The Balaban J connectivity index is 1.57. The van der Waals surface area contributed by atoms with E-state index in [0.717, 1.165) is 10.8 Å². The van der Waals surface area contributed by atoms with E-state index in [1.54, 1.807) is 12.1 Å². The first-order chi connectivity index (χ1) is 16.5. The minimum atomic E-state index is -0.580. The highest BCUT2D eigenvalue weighted by molar-refractivity contribution is 6.06. The minimum Gasteiger partial charge on any atom is -0.508 e. The van der Waals surface area contributed by atoms with Crippen molar-refractivity contribution in [2.24, 2.45) is 0 Å². The average Bonchev–Trinajstić information content (AvgIpc) is 2.85. The number of rotatable bonds is 4. The van der Waals surface area contributed by atoms with Gasteiger partial charge in [0.25, 0.3) is 0 Å². The summed E-state index contributed by atoms with van der Waals surface area (Å²) in [7, 11) is 0. The number of esters is 2. The Morgan fingerprint density at radius 1 is 0.529 bits per heavy atom. The summed E-state index contributed by atoms with van der Waals surface area (Å²) in [4.78, 5) is 25.4. The number of aromatic hydroxyl groups is 2. The summed E-state index contributed by atoms with van der Waals surface area (Å²) in [6.07, 6.45) is 0. The van der Waals surface area contributed by atoms with Crippen molar-refractivity contribution in [3.63, 3.8) is 0 Å². The third-order valence-corrected chi connectivity index (χ3v) is 5.41. The zero-order valence-corrected chi connectivity index (χ0v) is 17.8. The molecule has 5 rings (SSSR count). The van der Waals surface area contributed by atoms with E-state index in [1.165, 1.54) is 48.5 Å². The molecule has 34 heavy (non-hydrogen) atoms. The van der Waals surface area contributed by atoms with Crippen molar-refractivity contribution in [2.45, 2.75) is 0 Å². The molecule has 0 atom stereocenters. The molecule has 0 aromatic heterocycles. The second-order valence-electron chi connectivity index (χ2n) is 7.68. The van der Waals surface area contributed by atoms with Gasteiger partial charge in [-0.3, -0.25) is 0 Å². The van der Waals surface area contributed by atoms with E-state index in [9.17, 15) is 19.8 Å². The number of ether oxygens (including phenoxy) is 2. The van der Waals surface area contributed by atoms with Crippen molar-refractivity contribution >= 4 is 33.5 Å². The summed E-state index contributed by atoms with van der Waals surface area (Å²) in [6, 6.07) is 26.1. The van der Waals surface area contributed by atoms with Crippen molar-refractivity contribution in [2.75, 3.05) is 0 Å². The van der Waals surface area contributed by atoms with E-state index in [-0.39, 0.29) is 22.6 Å². The largest absolute Gasteiger partial charge is 0.508 e. The van der Waals surface area contributed by atoms with Crippen molar-refractivity contribution in [3.05, 3.63) is 108 Å². The standard InChI is InChI=1S/C28H18O6/c29-21-9-5-17(6-10-21)27(31)33-25-13-14-26(34-28(32)18-7-11-22(30)12-8-18)24-16-20-4-2-1-3-19(20)15-23(24)25/h1-16,29-30H. The van der Waals surface area contributed by atoms with E-state index >= 15 is 0 Å². The fourth-order valence-corrected chi connectivity index (χ4v) is 3.67. The average molecular weight is 450 g/mol. The molecule has 0 aliphatic rings. The molecule has 6 nitrogen and oxygen atoms in total. The normalized spacial score (nSPS) is 10.8. The molecule has 0 bridgehead atoms. The van der Waals surface area contributed by atoms with Gasteiger partial charge in [-0.05, 0) is 83.6 Å². The van der Waals surface area contributed by atoms with Gasteiger partial charge in [0, 0.05) is 10.8 Å². The van der Waals surface area contributed by atoms with Crippen LogP contribution in [0.3, 0.4) is 0 Å². The number of hydrogen-bond donors (Lipinski definition) is 2. The second kappa shape index (κ2) is 8.60. The Bertz CT molecular complexity index is 1420. The summed E-state index contributed by atoms with van der Waals surface area (Å²) in [5, 5.41) is 22.0. The van der Waals surface area contributed by atoms with E-state index in [4.69, 9.17) is 9.47 Å². The Morgan fingerprint density at radius 3 is 1.29 bits per heavy atom. The van der Waals surface area contributed by atoms with Crippen LogP contribution in [0.15, 0.2) is 97.1 Å². The summed E-state index contributed by atoms with van der Waals surface area (Å²) < 4.78 is 11.3. The maximum absolute atomic E-state index is 12.7. The van der Waals surface area contributed by atoms with Crippen LogP contribution in [0.5, 0.6) is 23.0 Å². The Labute approximate surface area is 194 Å². The number of fused-ring (bicyclic) bond motifs is 2. The van der Waals surface area contributed by atoms with Crippen LogP contribution in [-0.4, -0.2) is 22.2 Å². The molecule has 0 unspecified atom stereocenters. The number of carbonyl (C=O) groups is 2. The first-order valence-corrected chi connectivity index (χ1v) is 10.5. The van der Waals surface area contributed by atoms with Gasteiger partial charge >= 0.3 is 11.9 Å². The maximum atomic E-state index is 12.7. The molecule has 5 aromatic rings. The fourth-order valence-electron chi connectivity index (χ4n) is 3.67. The number of carbonyl (C=O) groups excluding carboxylic acids is 2. The molecule has 0 fully saturated rings. The number of benzene rings is 5. The number of phenols is 2. The fraction of sp³-hybridized carbons (Fsp3) is 0. The van der Waals surface area contributed by atoms with Crippen molar-refractivity contribution in [3.8, 4) is 23.0 Å². The molecule has 5 aromatic carbocycles. The van der Waals surface area contributed by atoms with E-state index < -0.39 is 11.9 Å². The summed E-state index contributed by atoms with van der Waals surface area (Å²) >= 11 is 0. The molecule has 2 N–H and O–H groups in total. The van der Waals surface area contributed by atoms with Crippen LogP contribution in [0.4, 0.5) is 0 Å². The zero-order chi connectivity index (χ0) is 23.7. The highest BCUT2D eigenvalue weighted by Crippen LogP contribution is 2.37. The molecule has 0 aliphatic heterocycles. The van der Waals surface area contributed by atoms with Gasteiger partial charge in [0.1, 0.15) is 23.0 Å². The molecule has 0 heterocycles. The molecule has 0 saturated carbocycles. The number of hydrogen-bond acceptors (Lipinski definition) is 6. The summed E-state index contributed by atoms with van der Waals surface area (Å²) in [5.74, 6) is -0.445. The van der Waals surface area contributed by atoms with Crippen LogP contribution in [0, 0.1) is 0 Å². The van der Waals surface area contributed by atoms with Gasteiger partial charge < -0.3 is 19.7 Å². The Morgan fingerprint density at radius 2 is 0.912 bits per heavy atom. The van der Waals surface area contributed by atoms with Crippen molar-refractivity contribution < 1.29 is 29.3 Å². The molecule has 0 saturated heterocycles. The molecular formula is C28H18O6. The SMILES string of the molecule is O=C(Oc1ccc(OC(=O)c2ccc(O)cc2)c2cc3ccccc3cc12)c1ccc(O)cc1. The van der Waals surface area contributed by atoms with Crippen LogP contribution in [0.1, 0.15) is 20.7 Å². The van der Waals surface area contributed by atoms with Gasteiger partial charge in [-0.1, -0.05) is 24.3 Å². The quantitative estimate of drug-likeness (QED) is 0.203. The van der Waals surface area contributed by atoms with E-state index in [2.05, 4.69) is 0 Å². The lowest BCUT2D eigenvalue weighted by atomic mass is 10.0. The van der Waals surface area contributed by atoms with Gasteiger partial charge in [-0.25, -0.2) is 9.59 Å². The predicted molar refractivity (Wildman–Crippen MR) is 128 cm³/mol. The van der Waals surface area contributed by atoms with Gasteiger partial charge in [-0.2, -0.15) is 0 Å². The minimum absolute atomic E-state index is 0.0493. The highest BCUT2D eigenvalue weighted by Gasteiger charge is 2.17. The van der Waals surface area contributed by atoms with Gasteiger partial charge in [0.2, 0.25) is 0 Å². The first kappa shape index (κ1) is 21.0. The van der Waals surface area contributed by atoms with E-state index in [0.29, 0.717) is 22.3 Å². The molecule has 166 valence electrons. The van der Waals surface area contributed by atoms with Crippen LogP contribution < -0.4 is 9.47 Å². The lowest BCUT2D eigenvalue weighted by Gasteiger charge is -2.13. The zero-order valence-electron chi connectivity index (χ0n) is 17.8. The Hall–Kier alpha value is -4.84. The van der Waals surface area contributed by atoms with Crippen LogP contribution in [0.25, 0.3) is 21.5 Å². The molecule has 0 radical (unpaired) electrons. The van der Waals surface area contributed by atoms with Gasteiger partial charge in [-0.15, -0.1) is 0 Å². The number of phenolic OH excluding ortho intramolecular Hbond substituents is 2. The molecule has 0 amide bonds. The second-order valence-corrected chi connectivity index (χ2v) is 7.68. The van der Waals surface area contributed by atoms with Gasteiger partial charge in [0.05, 0.1) is 11.1 Å².